The van der Waals surface area contributed by atoms with E-state index in [-0.39, 0.29) is 46.2 Å². The summed E-state index contributed by atoms with van der Waals surface area (Å²) in [6.07, 6.45) is -2.19. The van der Waals surface area contributed by atoms with Gasteiger partial charge in [0.15, 0.2) is 0 Å². The van der Waals surface area contributed by atoms with Crippen molar-refractivity contribution in [2.75, 3.05) is 18.4 Å². The highest BCUT2D eigenvalue weighted by Gasteiger charge is 2.35. The maximum absolute atomic E-state index is 13.8. The topological polar surface area (TPSA) is 113 Å². The van der Waals surface area contributed by atoms with Crippen molar-refractivity contribution in [2.45, 2.75) is 52.1 Å². The number of aromatic amines is 1. The number of ether oxygens (including phenoxy) is 1. The van der Waals surface area contributed by atoms with Crippen LogP contribution in [0.4, 0.5) is 18.9 Å². The fourth-order valence-corrected chi connectivity index (χ4v) is 4.25. The van der Waals surface area contributed by atoms with Gasteiger partial charge in [0.05, 0.1) is 46.8 Å². The van der Waals surface area contributed by atoms with Gasteiger partial charge in [-0.3, -0.25) is 9.59 Å². The normalized spacial score (nSPS) is 19.6. The summed E-state index contributed by atoms with van der Waals surface area (Å²) in [6.45, 7) is 7.61. The summed E-state index contributed by atoms with van der Waals surface area (Å²) in [5, 5.41) is 2.98. The number of hydrogen-bond donors (Lipinski definition) is 2. The van der Waals surface area contributed by atoms with Gasteiger partial charge in [-0.1, -0.05) is 0 Å². The van der Waals surface area contributed by atoms with Crippen molar-refractivity contribution in [1.82, 2.24) is 24.8 Å². The van der Waals surface area contributed by atoms with Crippen molar-refractivity contribution in [3.05, 3.63) is 57.7 Å². The van der Waals surface area contributed by atoms with E-state index in [9.17, 15) is 22.8 Å². The average molecular weight is 490 g/mol. The smallest absolute Gasteiger partial charge is 0.376 e. The van der Waals surface area contributed by atoms with Gasteiger partial charge in [-0.2, -0.15) is 13.2 Å². The van der Waals surface area contributed by atoms with Gasteiger partial charge in [-0.25, -0.2) is 15.0 Å². The van der Waals surface area contributed by atoms with Crippen LogP contribution in [-0.4, -0.2) is 56.0 Å². The number of nitrogens with one attached hydrogen (secondary N) is 2. The number of morpholine rings is 1. The van der Waals surface area contributed by atoms with Crippen LogP contribution in [0.3, 0.4) is 0 Å². The second kappa shape index (κ2) is 9.25. The maximum Gasteiger partial charge on any atom is 0.416 e. The molecule has 0 aliphatic carbocycles. The number of aryl methyl sites for hydroxylation is 1. The number of nitrogens with zero attached hydrogens (tertiary/aromatic N) is 4. The van der Waals surface area contributed by atoms with E-state index in [0.29, 0.717) is 18.8 Å². The minimum atomic E-state index is -4.66. The lowest BCUT2D eigenvalue weighted by Crippen LogP contribution is -2.48. The van der Waals surface area contributed by atoms with Gasteiger partial charge in [0, 0.05) is 19.1 Å². The molecule has 1 aliphatic rings. The lowest BCUT2D eigenvalue weighted by atomic mass is 9.98. The number of H-pyrrole nitrogens is 1. The minimum absolute atomic E-state index is 0.0147. The molecule has 0 bridgehead atoms. The maximum atomic E-state index is 13.8. The minimum Gasteiger partial charge on any atom is -0.376 e. The molecule has 186 valence electrons. The van der Waals surface area contributed by atoms with E-state index in [2.05, 4.69) is 25.3 Å². The number of hydrogen-bond acceptors (Lipinski definition) is 7. The van der Waals surface area contributed by atoms with Crippen molar-refractivity contribution >= 4 is 22.5 Å². The molecule has 12 heteroatoms. The molecule has 3 aromatic rings. The molecule has 0 spiro atoms. The molecule has 1 aliphatic heterocycles. The van der Waals surface area contributed by atoms with Crippen molar-refractivity contribution in [3.63, 3.8) is 0 Å². The van der Waals surface area contributed by atoms with E-state index >= 15 is 0 Å². The summed E-state index contributed by atoms with van der Waals surface area (Å²) in [4.78, 5) is 41.4. The molecule has 35 heavy (non-hydrogen) atoms. The molecule has 9 nitrogen and oxygen atoms in total. The van der Waals surface area contributed by atoms with Crippen LogP contribution in [0, 0.1) is 6.92 Å². The second-order valence-electron chi connectivity index (χ2n) is 8.73. The Morgan fingerprint density at radius 1 is 1.20 bits per heavy atom. The predicted octanol–water partition coefficient (Wildman–Crippen LogP) is 3.46. The number of anilines is 1. The molecule has 0 radical (unpaired) electrons. The van der Waals surface area contributed by atoms with Crippen molar-refractivity contribution in [1.29, 1.82) is 0 Å². The second-order valence-corrected chi connectivity index (χ2v) is 8.73. The highest BCUT2D eigenvalue weighted by molar-refractivity contribution is 5.90. The Morgan fingerprint density at radius 2 is 1.83 bits per heavy atom. The first-order chi connectivity index (χ1) is 16.4. The van der Waals surface area contributed by atoms with Crippen molar-refractivity contribution < 1.29 is 22.7 Å². The van der Waals surface area contributed by atoms with Gasteiger partial charge in [0.1, 0.15) is 5.82 Å². The molecule has 1 aromatic carbocycles. The fourth-order valence-electron chi connectivity index (χ4n) is 4.25. The molecule has 2 aromatic heterocycles. The molecule has 3 heterocycles. The lowest BCUT2D eigenvalue weighted by Gasteiger charge is -2.34. The number of rotatable bonds is 4. The number of alkyl halides is 3. The first-order valence-electron chi connectivity index (χ1n) is 11.1. The molecule has 3 atom stereocenters. The molecular formula is C23H25F3N6O3. The number of carbonyl (C=O) groups excluding carboxylic acids is 1. The monoisotopic (exact) mass is 490 g/mol. The molecule has 1 amide bonds. The van der Waals surface area contributed by atoms with Gasteiger partial charge in [0.25, 0.3) is 11.5 Å². The van der Waals surface area contributed by atoms with Gasteiger partial charge in [-0.05, 0) is 45.4 Å². The summed E-state index contributed by atoms with van der Waals surface area (Å²) >= 11 is 0. The largest absolute Gasteiger partial charge is 0.416 e. The van der Waals surface area contributed by atoms with Gasteiger partial charge in [0.2, 0.25) is 5.82 Å². The van der Waals surface area contributed by atoms with Crippen LogP contribution in [0.5, 0.6) is 0 Å². The molecule has 1 fully saturated rings. The Balaban J connectivity index is 1.59. The zero-order valence-electron chi connectivity index (χ0n) is 19.6. The van der Waals surface area contributed by atoms with E-state index in [1.165, 1.54) is 32.3 Å². The SMILES string of the molecule is Cc1nc2cc(C(F)(F)F)c(C(C)Nc3cnc(C(=O)N4C[C@@H](C)O[C@@H](C)C4)nc3)cc2c(=O)[nH]1. The van der Waals surface area contributed by atoms with Crippen molar-refractivity contribution in [3.8, 4) is 0 Å². The third-order valence-electron chi connectivity index (χ3n) is 5.70. The molecule has 1 unspecified atom stereocenters. The first-order valence-corrected chi connectivity index (χ1v) is 11.1. The highest BCUT2D eigenvalue weighted by Crippen LogP contribution is 2.37. The van der Waals surface area contributed by atoms with Gasteiger partial charge in [-0.15, -0.1) is 0 Å². The standard InChI is InChI=1S/C23H25F3N6O3/c1-11-9-32(10-12(2)35-11)22(34)20-27-7-15(8-28-20)29-13(3)16-5-17-19(6-18(16)23(24,25)26)30-14(4)31-21(17)33/h5-8,11-13,29H,9-10H2,1-4H3,(H,30,31,33)/t11-,12+,13?. The summed E-state index contributed by atoms with van der Waals surface area (Å²) in [5.41, 5.74) is -1.26. The third kappa shape index (κ3) is 5.26. The van der Waals surface area contributed by atoms with E-state index in [4.69, 9.17) is 4.74 Å². The molecule has 4 rings (SSSR count). The van der Waals surface area contributed by atoms with E-state index in [0.717, 1.165) is 6.07 Å². The predicted molar refractivity (Wildman–Crippen MR) is 122 cm³/mol. The number of aromatic nitrogens is 4. The van der Waals surface area contributed by atoms with E-state index in [1.54, 1.807) is 4.90 Å². The zero-order valence-corrected chi connectivity index (χ0v) is 19.6. The zero-order chi connectivity index (χ0) is 25.5. The third-order valence-corrected chi connectivity index (χ3v) is 5.70. The molecule has 2 N–H and O–H groups in total. The summed E-state index contributed by atoms with van der Waals surface area (Å²) in [7, 11) is 0. The van der Waals surface area contributed by atoms with Gasteiger partial charge < -0.3 is 19.9 Å². The number of halogens is 3. The summed E-state index contributed by atoms with van der Waals surface area (Å²) in [6, 6.07) is 1.22. The van der Waals surface area contributed by atoms with Crippen LogP contribution in [-0.2, 0) is 10.9 Å². The first kappa shape index (κ1) is 24.6. The Morgan fingerprint density at radius 3 is 2.43 bits per heavy atom. The Bertz CT molecular complexity index is 1300. The Hall–Kier alpha value is -3.54. The quantitative estimate of drug-likeness (QED) is 0.576. The molecule has 0 saturated carbocycles. The highest BCUT2D eigenvalue weighted by atomic mass is 19.4. The number of fused-ring (bicyclic) bond motifs is 1. The van der Waals surface area contributed by atoms with E-state index in [1.807, 2.05) is 13.8 Å². The fraction of sp³-hybridized carbons (Fsp3) is 0.435. The summed E-state index contributed by atoms with van der Waals surface area (Å²) in [5.74, 6) is -0.135. The van der Waals surface area contributed by atoms with Gasteiger partial charge >= 0.3 is 6.18 Å². The average Bonchev–Trinajstić information content (AvgIpc) is 2.77. The van der Waals surface area contributed by atoms with Crippen LogP contribution in [0.25, 0.3) is 10.9 Å². The number of amides is 1. The van der Waals surface area contributed by atoms with E-state index < -0.39 is 23.3 Å². The Labute approximate surface area is 198 Å². The van der Waals surface area contributed by atoms with Crippen LogP contribution < -0.4 is 10.9 Å². The summed E-state index contributed by atoms with van der Waals surface area (Å²) < 4.78 is 47.1. The number of benzene rings is 1. The van der Waals surface area contributed by atoms with Crippen LogP contribution in [0.15, 0.2) is 29.3 Å². The lowest BCUT2D eigenvalue weighted by molar-refractivity contribution is -0.138. The van der Waals surface area contributed by atoms with Crippen LogP contribution >= 0.6 is 0 Å². The molecular weight excluding hydrogens is 465 g/mol. The molecule has 1 saturated heterocycles. The van der Waals surface area contributed by atoms with Crippen LogP contribution in [0.2, 0.25) is 0 Å². The Kier molecular flexibility index (Phi) is 6.50. The van der Waals surface area contributed by atoms with Crippen LogP contribution in [0.1, 0.15) is 54.4 Å². The number of carbonyl (C=O) groups is 1. The van der Waals surface area contributed by atoms with Crippen molar-refractivity contribution in [2.24, 2.45) is 0 Å².